The van der Waals surface area contributed by atoms with Crippen LogP contribution >= 0.6 is 0 Å². The smallest absolute Gasteiger partial charge is 0.252 e. The zero-order valence-electron chi connectivity index (χ0n) is 18.4. The molecule has 0 bridgehead atoms. The number of Topliss-reactive ketones (excluding diaryl/α,β-unsaturated/α-hetero) is 1. The number of nitrogens with one attached hydrogen (secondary N) is 3. The summed E-state index contributed by atoms with van der Waals surface area (Å²) in [5, 5.41) is 1.53. The molecular weight excluding hydrogens is 462 g/mol. The number of sulfonamides is 1. The first-order valence-corrected chi connectivity index (χ1v) is 12.0. The second-order valence-electron chi connectivity index (χ2n) is 7.43. The van der Waals surface area contributed by atoms with Gasteiger partial charge in [-0.25, -0.2) is 24.0 Å². The molecule has 1 heterocycles. The van der Waals surface area contributed by atoms with Crippen LogP contribution in [0.2, 0.25) is 0 Å². The van der Waals surface area contributed by atoms with Gasteiger partial charge in [-0.05, 0) is 25.0 Å². The van der Waals surface area contributed by atoms with Crippen molar-refractivity contribution in [1.29, 1.82) is 0 Å². The predicted molar refractivity (Wildman–Crippen MR) is 127 cm³/mol. The van der Waals surface area contributed by atoms with Gasteiger partial charge in [0.2, 0.25) is 15.9 Å². The van der Waals surface area contributed by atoms with Gasteiger partial charge in [-0.3, -0.25) is 14.4 Å². The van der Waals surface area contributed by atoms with Crippen LogP contribution in [0.1, 0.15) is 40.0 Å². The molecule has 13 heteroatoms. The normalized spacial score (nSPS) is 13.0. The molecule has 0 aliphatic heterocycles. The van der Waals surface area contributed by atoms with Gasteiger partial charge in [-0.2, -0.15) is 0 Å². The van der Waals surface area contributed by atoms with E-state index >= 15 is 0 Å². The number of amides is 2. The maximum Gasteiger partial charge on any atom is 0.252 e. The number of anilines is 1. The van der Waals surface area contributed by atoms with E-state index in [-0.39, 0.29) is 37.9 Å². The zero-order valence-corrected chi connectivity index (χ0v) is 19.3. The molecule has 0 saturated carbocycles. The van der Waals surface area contributed by atoms with Crippen LogP contribution in [0.5, 0.6) is 0 Å². The van der Waals surface area contributed by atoms with Gasteiger partial charge >= 0.3 is 0 Å². The highest BCUT2D eigenvalue weighted by Gasteiger charge is 2.31. The summed E-state index contributed by atoms with van der Waals surface area (Å²) in [5.74, 6) is 4.05. The van der Waals surface area contributed by atoms with Crippen LogP contribution in [0.15, 0.2) is 48.7 Å². The molecule has 2 aromatic rings. The summed E-state index contributed by atoms with van der Waals surface area (Å²) in [6.45, 7) is -0.262. The maximum atomic E-state index is 13.0. The minimum atomic E-state index is -4.08. The lowest BCUT2D eigenvalue weighted by Gasteiger charge is -2.22. The fourth-order valence-electron chi connectivity index (χ4n) is 3.09. The van der Waals surface area contributed by atoms with Crippen LogP contribution in [0.3, 0.4) is 0 Å². The zero-order chi connectivity index (χ0) is 25.1. The molecular formula is C21H29N7O5S. The molecule has 1 aromatic heterocycles. The molecule has 0 aliphatic carbocycles. The molecule has 12 nitrogen and oxygen atoms in total. The Kier molecular flexibility index (Phi) is 10.1. The van der Waals surface area contributed by atoms with Crippen molar-refractivity contribution in [2.75, 3.05) is 18.5 Å². The number of ketones is 1. The molecule has 2 amide bonds. The Balaban J connectivity index is 2.13. The van der Waals surface area contributed by atoms with Crippen molar-refractivity contribution in [3.63, 3.8) is 0 Å². The third-order valence-corrected chi connectivity index (χ3v) is 6.91. The van der Waals surface area contributed by atoms with Crippen molar-refractivity contribution >= 4 is 33.4 Å². The number of nitrogen functional groups attached to an aromatic ring is 1. The van der Waals surface area contributed by atoms with E-state index in [1.807, 2.05) is 0 Å². The Morgan fingerprint density at radius 2 is 1.71 bits per heavy atom. The van der Waals surface area contributed by atoms with Crippen LogP contribution in [0.25, 0.3) is 0 Å². The van der Waals surface area contributed by atoms with E-state index in [0.717, 1.165) is 0 Å². The fraction of sp³-hybridized carbons (Fsp3) is 0.333. The second kappa shape index (κ2) is 12.7. The Labute approximate surface area is 197 Å². The van der Waals surface area contributed by atoms with Gasteiger partial charge in [-0.15, -0.1) is 0 Å². The van der Waals surface area contributed by atoms with Crippen LogP contribution < -0.4 is 32.8 Å². The van der Waals surface area contributed by atoms with Gasteiger partial charge in [0.05, 0.1) is 16.9 Å². The standard InChI is InChI=1S/C21H29N7O5S/c22-12-16(7-8-18(23)29)34(32,33)28-17(20(30)14-4-2-1-3-5-14)10-11-25-21(31)15-6-9-19(27-24)26-13-15/h1-6,9,13,16-17,28H,7-8,10-12,22,24H2,(H2,23,29)(H,25,31)(H,26,27). The SMILES string of the molecule is NCC(CCC(N)=O)S(=O)(=O)NC(CCNC(=O)c1ccc(NN)nc1)C(=O)c1ccccc1. The summed E-state index contributed by atoms with van der Waals surface area (Å²) in [7, 11) is -4.08. The van der Waals surface area contributed by atoms with Crippen molar-refractivity contribution in [2.24, 2.45) is 17.3 Å². The summed E-state index contributed by atoms with van der Waals surface area (Å²) in [4.78, 5) is 40.4. The van der Waals surface area contributed by atoms with Crippen molar-refractivity contribution < 1.29 is 22.8 Å². The van der Waals surface area contributed by atoms with Gasteiger partial charge in [0.15, 0.2) is 5.78 Å². The van der Waals surface area contributed by atoms with Crippen molar-refractivity contribution in [2.45, 2.75) is 30.6 Å². The Bertz CT molecular complexity index is 1080. The van der Waals surface area contributed by atoms with Crippen molar-refractivity contribution in [3.05, 3.63) is 59.8 Å². The number of pyridine rings is 1. The predicted octanol–water partition coefficient (Wildman–Crippen LogP) is -0.749. The van der Waals surface area contributed by atoms with Gasteiger partial charge in [-0.1, -0.05) is 30.3 Å². The Morgan fingerprint density at radius 1 is 1.00 bits per heavy atom. The van der Waals surface area contributed by atoms with E-state index in [4.69, 9.17) is 17.3 Å². The summed E-state index contributed by atoms with van der Waals surface area (Å²) in [6.07, 6.45) is 1.06. The highest BCUT2D eigenvalue weighted by molar-refractivity contribution is 7.90. The monoisotopic (exact) mass is 491 g/mol. The average Bonchev–Trinajstić information content (AvgIpc) is 2.83. The number of carbonyl (C=O) groups is 3. The molecule has 34 heavy (non-hydrogen) atoms. The summed E-state index contributed by atoms with van der Waals surface area (Å²) in [5.41, 5.74) is 13.6. The number of carbonyl (C=O) groups excluding carboxylic acids is 3. The molecule has 1 aromatic carbocycles. The quantitative estimate of drug-likeness (QED) is 0.111. The number of nitrogens with zero attached hydrogens (tertiary/aromatic N) is 1. The number of hydrogen-bond acceptors (Lipinski definition) is 9. The Hall–Kier alpha value is -3.39. The van der Waals surface area contributed by atoms with Crippen LogP contribution in [-0.4, -0.2) is 55.4 Å². The van der Waals surface area contributed by atoms with Crippen molar-refractivity contribution in [1.82, 2.24) is 15.0 Å². The van der Waals surface area contributed by atoms with Gasteiger partial charge in [0.25, 0.3) is 5.91 Å². The third kappa shape index (κ3) is 7.88. The van der Waals surface area contributed by atoms with E-state index in [1.54, 1.807) is 30.3 Å². The van der Waals surface area contributed by atoms with E-state index in [1.165, 1.54) is 18.3 Å². The number of benzene rings is 1. The largest absolute Gasteiger partial charge is 0.370 e. The number of hydrogen-bond donors (Lipinski definition) is 6. The maximum absolute atomic E-state index is 13.0. The van der Waals surface area contributed by atoms with Gasteiger partial charge < -0.3 is 22.2 Å². The molecule has 2 unspecified atom stereocenters. The molecule has 9 N–H and O–H groups in total. The lowest BCUT2D eigenvalue weighted by Crippen LogP contribution is -2.48. The molecule has 2 rings (SSSR count). The van der Waals surface area contributed by atoms with Gasteiger partial charge in [0.1, 0.15) is 5.82 Å². The lowest BCUT2D eigenvalue weighted by atomic mass is 10.0. The molecule has 0 saturated heterocycles. The molecule has 0 fully saturated rings. The van der Waals surface area contributed by atoms with E-state index < -0.39 is 38.9 Å². The minimum absolute atomic E-state index is 0.00391. The number of hydrazine groups is 1. The number of aromatic nitrogens is 1. The Morgan fingerprint density at radius 3 is 2.26 bits per heavy atom. The van der Waals surface area contributed by atoms with Crippen LogP contribution in [0, 0.1) is 0 Å². The molecule has 0 spiro atoms. The lowest BCUT2D eigenvalue weighted by molar-refractivity contribution is -0.118. The fourth-order valence-corrected chi connectivity index (χ4v) is 4.59. The van der Waals surface area contributed by atoms with Crippen molar-refractivity contribution in [3.8, 4) is 0 Å². The average molecular weight is 492 g/mol. The third-order valence-electron chi connectivity index (χ3n) is 4.99. The minimum Gasteiger partial charge on any atom is -0.370 e. The number of rotatable bonds is 14. The summed E-state index contributed by atoms with van der Waals surface area (Å²) in [6, 6.07) is 10.0. The summed E-state index contributed by atoms with van der Waals surface area (Å²) < 4.78 is 28.2. The first kappa shape index (κ1) is 26.9. The van der Waals surface area contributed by atoms with E-state index in [2.05, 4.69) is 20.4 Å². The first-order valence-electron chi connectivity index (χ1n) is 10.5. The molecule has 2 atom stereocenters. The highest BCUT2D eigenvalue weighted by Crippen LogP contribution is 2.12. The first-order chi connectivity index (χ1) is 16.2. The molecule has 0 radical (unpaired) electrons. The number of primary amides is 1. The highest BCUT2D eigenvalue weighted by atomic mass is 32.2. The van der Waals surface area contributed by atoms with E-state index in [0.29, 0.717) is 11.4 Å². The van der Waals surface area contributed by atoms with Gasteiger partial charge in [0, 0.05) is 31.3 Å². The van der Waals surface area contributed by atoms with Crippen LogP contribution in [0.4, 0.5) is 5.82 Å². The van der Waals surface area contributed by atoms with Crippen LogP contribution in [-0.2, 0) is 14.8 Å². The number of nitrogens with two attached hydrogens (primary N) is 3. The molecule has 0 aliphatic rings. The van der Waals surface area contributed by atoms with E-state index in [9.17, 15) is 22.8 Å². The second-order valence-corrected chi connectivity index (χ2v) is 9.42. The topological polar surface area (TPSA) is 212 Å². The molecule has 184 valence electrons. The summed E-state index contributed by atoms with van der Waals surface area (Å²) >= 11 is 0.